The highest BCUT2D eigenvalue weighted by atomic mass is 19.4. The van der Waals surface area contributed by atoms with E-state index in [0.29, 0.717) is 6.42 Å². The van der Waals surface area contributed by atoms with Crippen molar-refractivity contribution in [3.63, 3.8) is 0 Å². The molecule has 3 rings (SSSR count). The van der Waals surface area contributed by atoms with Crippen LogP contribution in [-0.2, 0) is 0 Å². The standard InChI is InChI=1S/C9H11F5O/c10-8(11,9(12,13)14)7-3-5(4-7)1-2-6(7)15/h5-6,15H,1-4H2/t5?,6-,7?/m0/s1. The molecule has 0 aromatic heterocycles. The van der Waals surface area contributed by atoms with Crippen molar-refractivity contribution in [3.8, 4) is 0 Å². The average molecular weight is 230 g/mol. The fourth-order valence-corrected chi connectivity index (χ4v) is 2.86. The number of rotatable bonds is 1. The molecule has 0 aromatic carbocycles. The lowest BCUT2D eigenvalue weighted by Crippen LogP contribution is -2.65. The summed E-state index contributed by atoms with van der Waals surface area (Å²) in [6.45, 7) is 0. The van der Waals surface area contributed by atoms with Crippen LogP contribution in [-0.4, -0.2) is 23.3 Å². The first-order chi connectivity index (χ1) is 6.71. The third kappa shape index (κ3) is 1.23. The van der Waals surface area contributed by atoms with Crippen LogP contribution in [0.15, 0.2) is 0 Å². The van der Waals surface area contributed by atoms with E-state index in [9.17, 15) is 27.1 Å². The van der Waals surface area contributed by atoms with Gasteiger partial charge >= 0.3 is 12.1 Å². The fourth-order valence-electron chi connectivity index (χ4n) is 2.86. The minimum atomic E-state index is -5.56. The molecule has 3 fully saturated rings. The number of halogens is 5. The van der Waals surface area contributed by atoms with Crippen molar-refractivity contribution in [2.75, 3.05) is 0 Å². The second-order valence-electron chi connectivity index (χ2n) is 4.60. The Balaban J connectivity index is 2.30. The van der Waals surface area contributed by atoms with Crippen LogP contribution < -0.4 is 0 Å². The number of alkyl halides is 5. The van der Waals surface area contributed by atoms with Gasteiger partial charge in [-0.05, 0) is 31.6 Å². The zero-order valence-electron chi connectivity index (χ0n) is 7.82. The molecule has 1 atom stereocenters. The molecule has 0 aromatic rings. The third-order valence-corrected chi connectivity index (χ3v) is 3.77. The normalized spacial score (nSPS) is 41.2. The van der Waals surface area contributed by atoms with Gasteiger partial charge in [0.05, 0.1) is 11.5 Å². The van der Waals surface area contributed by atoms with Crippen LogP contribution in [0.25, 0.3) is 0 Å². The van der Waals surface area contributed by atoms with Crippen LogP contribution in [0.4, 0.5) is 22.0 Å². The molecule has 2 bridgehead atoms. The predicted octanol–water partition coefficient (Wildman–Crippen LogP) is 2.74. The molecule has 0 amide bonds. The Kier molecular flexibility index (Phi) is 2.10. The monoisotopic (exact) mass is 230 g/mol. The molecule has 0 saturated heterocycles. The van der Waals surface area contributed by atoms with Gasteiger partial charge in [-0.15, -0.1) is 0 Å². The molecule has 88 valence electrons. The van der Waals surface area contributed by atoms with Crippen LogP contribution in [0.3, 0.4) is 0 Å². The second kappa shape index (κ2) is 2.84. The van der Waals surface area contributed by atoms with E-state index in [-0.39, 0.29) is 25.2 Å². The summed E-state index contributed by atoms with van der Waals surface area (Å²) in [7, 11) is 0. The van der Waals surface area contributed by atoms with E-state index in [1.807, 2.05) is 0 Å². The first-order valence-electron chi connectivity index (χ1n) is 4.83. The third-order valence-electron chi connectivity index (χ3n) is 3.77. The highest BCUT2D eigenvalue weighted by Gasteiger charge is 2.76. The molecule has 15 heavy (non-hydrogen) atoms. The molecular formula is C9H11F5O. The van der Waals surface area contributed by atoms with Crippen LogP contribution in [0.1, 0.15) is 25.7 Å². The lowest BCUT2D eigenvalue weighted by molar-refractivity contribution is -0.369. The molecule has 0 unspecified atom stereocenters. The molecule has 0 radical (unpaired) electrons. The smallest absolute Gasteiger partial charge is 0.392 e. The molecular weight excluding hydrogens is 219 g/mol. The topological polar surface area (TPSA) is 20.2 Å². The van der Waals surface area contributed by atoms with Crippen molar-refractivity contribution < 1.29 is 27.1 Å². The lowest BCUT2D eigenvalue weighted by Gasteiger charge is -2.58. The van der Waals surface area contributed by atoms with Gasteiger partial charge in [-0.1, -0.05) is 0 Å². The zero-order valence-corrected chi connectivity index (χ0v) is 7.82. The Hall–Kier alpha value is -0.390. The highest BCUT2D eigenvalue weighted by Crippen LogP contribution is 2.66. The van der Waals surface area contributed by atoms with Crippen molar-refractivity contribution in [3.05, 3.63) is 0 Å². The molecule has 3 aliphatic rings. The maximum Gasteiger partial charge on any atom is 0.453 e. The number of aliphatic hydroxyl groups is 1. The van der Waals surface area contributed by atoms with Gasteiger partial charge in [0, 0.05) is 0 Å². The van der Waals surface area contributed by atoms with Crippen molar-refractivity contribution in [1.82, 2.24) is 0 Å². The van der Waals surface area contributed by atoms with Crippen LogP contribution in [0.2, 0.25) is 0 Å². The van der Waals surface area contributed by atoms with Gasteiger partial charge in [0.25, 0.3) is 0 Å². The Morgan fingerprint density at radius 2 is 1.53 bits per heavy atom. The predicted molar refractivity (Wildman–Crippen MR) is 41.4 cm³/mol. The van der Waals surface area contributed by atoms with Crippen molar-refractivity contribution in [1.29, 1.82) is 0 Å². The molecule has 1 N–H and O–H groups in total. The van der Waals surface area contributed by atoms with E-state index in [1.54, 1.807) is 0 Å². The van der Waals surface area contributed by atoms with Crippen LogP contribution in [0, 0.1) is 11.3 Å². The molecule has 3 aliphatic carbocycles. The van der Waals surface area contributed by atoms with Gasteiger partial charge in [-0.3, -0.25) is 0 Å². The van der Waals surface area contributed by atoms with Crippen molar-refractivity contribution in [2.45, 2.75) is 43.9 Å². The Morgan fingerprint density at radius 1 is 1.00 bits per heavy atom. The van der Waals surface area contributed by atoms with Gasteiger partial charge in [-0.2, -0.15) is 22.0 Å². The summed E-state index contributed by atoms with van der Waals surface area (Å²) in [6, 6.07) is 0. The van der Waals surface area contributed by atoms with E-state index in [2.05, 4.69) is 0 Å². The quantitative estimate of drug-likeness (QED) is 0.687. The van der Waals surface area contributed by atoms with Crippen LogP contribution >= 0.6 is 0 Å². The van der Waals surface area contributed by atoms with Crippen molar-refractivity contribution in [2.24, 2.45) is 11.3 Å². The number of aliphatic hydroxyl groups excluding tert-OH is 1. The first kappa shape index (κ1) is 11.1. The number of hydrogen-bond acceptors (Lipinski definition) is 1. The summed E-state index contributed by atoms with van der Waals surface area (Å²) in [4.78, 5) is 0. The fraction of sp³-hybridized carbons (Fsp3) is 1.00. The molecule has 0 heterocycles. The average Bonchev–Trinajstić information content (AvgIpc) is 1.99. The summed E-state index contributed by atoms with van der Waals surface area (Å²) in [6.07, 6.45) is -6.90. The molecule has 6 heteroatoms. The Labute approximate surface area is 83.3 Å². The summed E-state index contributed by atoms with van der Waals surface area (Å²) in [5.74, 6) is -4.84. The molecule has 3 saturated carbocycles. The maximum absolute atomic E-state index is 13.2. The number of hydrogen-bond donors (Lipinski definition) is 1. The zero-order chi connectivity index (χ0) is 11.5. The van der Waals surface area contributed by atoms with Gasteiger partial charge in [0.1, 0.15) is 0 Å². The molecule has 1 nitrogen and oxygen atoms in total. The lowest BCUT2D eigenvalue weighted by atomic mass is 9.50. The number of fused-ring (bicyclic) bond motifs is 2. The Morgan fingerprint density at radius 3 is 1.93 bits per heavy atom. The minimum Gasteiger partial charge on any atom is -0.392 e. The summed E-state index contributed by atoms with van der Waals surface area (Å²) >= 11 is 0. The minimum absolute atomic E-state index is 0.0519. The van der Waals surface area contributed by atoms with E-state index < -0.39 is 23.6 Å². The molecule has 0 spiro atoms. The van der Waals surface area contributed by atoms with E-state index in [1.165, 1.54) is 0 Å². The van der Waals surface area contributed by atoms with E-state index >= 15 is 0 Å². The highest BCUT2D eigenvalue weighted by molar-refractivity contribution is 5.12. The summed E-state index contributed by atoms with van der Waals surface area (Å²) in [5, 5.41) is 9.39. The van der Waals surface area contributed by atoms with Gasteiger partial charge < -0.3 is 5.11 Å². The summed E-state index contributed by atoms with van der Waals surface area (Å²) < 4.78 is 63.0. The van der Waals surface area contributed by atoms with Crippen molar-refractivity contribution >= 4 is 0 Å². The SMILES string of the molecule is O[C@H]1CCC2CC1(C(F)(F)C(F)(F)F)C2. The molecule has 0 aliphatic heterocycles. The van der Waals surface area contributed by atoms with Gasteiger partial charge in [-0.25, -0.2) is 0 Å². The summed E-state index contributed by atoms with van der Waals surface area (Å²) in [5.41, 5.74) is -2.24. The van der Waals surface area contributed by atoms with E-state index in [4.69, 9.17) is 0 Å². The first-order valence-corrected chi connectivity index (χ1v) is 4.83. The van der Waals surface area contributed by atoms with Crippen LogP contribution in [0.5, 0.6) is 0 Å². The second-order valence-corrected chi connectivity index (χ2v) is 4.60. The maximum atomic E-state index is 13.2. The van der Waals surface area contributed by atoms with Gasteiger partial charge in [0.15, 0.2) is 0 Å². The van der Waals surface area contributed by atoms with Gasteiger partial charge in [0.2, 0.25) is 0 Å². The van der Waals surface area contributed by atoms with E-state index in [0.717, 1.165) is 0 Å². The Bertz CT molecular complexity index is 266. The largest absolute Gasteiger partial charge is 0.453 e.